The van der Waals surface area contributed by atoms with Gasteiger partial charge in [0.15, 0.2) is 0 Å². The fourth-order valence-electron chi connectivity index (χ4n) is 1.54. The van der Waals surface area contributed by atoms with Gasteiger partial charge in [-0.05, 0) is 0 Å². The van der Waals surface area contributed by atoms with E-state index in [-0.39, 0.29) is 17.1 Å². The topological polar surface area (TPSA) is 20.2 Å². The second kappa shape index (κ2) is 7.54. The summed E-state index contributed by atoms with van der Waals surface area (Å²) in [5.74, 6) is 0.310. The van der Waals surface area contributed by atoms with Crippen LogP contribution in [0.1, 0.15) is 0 Å². The van der Waals surface area contributed by atoms with Crippen molar-refractivity contribution < 1.29 is 22.2 Å². The van der Waals surface area contributed by atoms with Crippen molar-refractivity contribution in [3.8, 4) is 16.9 Å². The van der Waals surface area contributed by atoms with Crippen LogP contribution < -0.4 is 0 Å². The molecule has 0 aliphatic rings. The van der Waals surface area contributed by atoms with Crippen molar-refractivity contribution in [1.29, 1.82) is 0 Å². The molecule has 0 atom stereocenters. The van der Waals surface area contributed by atoms with Crippen LogP contribution in [-0.4, -0.2) is 5.11 Å². The Morgan fingerprint density at radius 3 is 1.67 bits per heavy atom. The van der Waals surface area contributed by atoms with E-state index in [0.29, 0.717) is 5.75 Å². The van der Waals surface area contributed by atoms with E-state index in [1.165, 1.54) is 5.56 Å². The first kappa shape index (κ1) is 14.3. The van der Waals surface area contributed by atoms with Crippen molar-refractivity contribution in [2.24, 2.45) is 0 Å². The standard InChI is InChI=1S/C11H9O.C5H5.Fe/c12-11-7-5-10(6-8-11)9-3-1-2-4-9;1-2-4-5-3-1;/h1-8,12H;1-5H;/q-1;-5;. The van der Waals surface area contributed by atoms with E-state index < -0.39 is 0 Å². The van der Waals surface area contributed by atoms with Gasteiger partial charge in [-0.1, -0.05) is 17.7 Å². The molecule has 1 nitrogen and oxygen atoms in total. The third kappa shape index (κ3) is 4.25. The third-order valence-corrected chi connectivity index (χ3v) is 2.42. The molecule has 3 rings (SSSR count). The number of hydrogen-bond donors (Lipinski definition) is 1. The van der Waals surface area contributed by atoms with Gasteiger partial charge in [-0.2, -0.15) is 12.1 Å². The van der Waals surface area contributed by atoms with Crippen molar-refractivity contribution in [3.05, 3.63) is 78.9 Å². The molecule has 0 bridgehead atoms. The number of benzene rings is 1. The van der Waals surface area contributed by atoms with Crippen LogP contribution >= 0.6 is 0 Å². The summed E-state index contributed by atoms with van der Waals surface area (Å²) in [5.41, 5.74) is 2.33. The van der Waals surface area contributed by atoms with Gasteiger partial charge in [-0.25, -0.2) is 0 Å². The van der Waals surface area contributed by atoms with Crippen molar-refractivity contribution in [1.82, 2.24) is 0 Å². The molecule has 0 fully saturated rings. The Hall–Kier alpha value is -1.76. The smallest absolute Gasteiger partial charge is 0.100 e. The first-order chi connectivity index (χ1) is 8.36. The largest absolute Gasteiger partial charge is 0.748 e. The molecule has 0 unspecified atom stereocenters. The van der Waals surface area contributed by atoms with Gasteiger partial charge in [-0.3, -0.25) is 0 Å². The first-order valence-electron chi connectivity index (χ1n) is 5.54. The van der Waals surface area contributed by atoms with Crippen LogP contribution in [0.5, 0.6) is 5.75 Å². The Morgan fingerprint density at radius 1 is 0.778 bits per heavy atom. The number of hydrogen-bond acceptors (Lipinski definition) is 1. The predicted molar refractivity (Wildman–Crippen MR) is 71.2 cm³/mol. The molecule has 0 spiro atoms. The van der Waals surface area contributed by atoms with Crippen molar-refractivity contribution >= 4 is 0 Å². The molecule has 0 saturated carbocycles. The SMILES string of the molecule is Oc1ccc(-[c-]2cccc2)cc1.[Fe].[cH-]1[cH-][cH-][cH-][cH-]1. The fourth-order valence-corrected chi connectivity index (χ4v) is 1.54. The molecule has 98 valence electrons. The van der Waals surface area contributed by atoms with Gasteiger partial charge in [-0.15, -0.1) is 29.8 Å². The van der Waals surface area contributed by atoms with E-state index in [4.69, 9.17) is 5.11 Å². The Bertz CT molecular complexity index is 490. The summed E-state index contributed by atoms with van der Waals surface area (Å²) >= 11 is 0. The van der Waals surface area contributed by atoms with E-state index in [1.54, 1.807) is 12.1 Å². The van der Waals surface area contributed by atoms with Gasteiger partial charge in [0.1, 0.15) is 5.75 Å². The number of aromatic hydroxyl groups is 1. The maximum Gasteiger partial charge on any atom is 0.100 e. The van der Waals surface area contributed by atoms with Gasteiger partial charge in [0.2, 0.25) is 0 Å². The first-order valence-corrected chi connectivity index (χ1v) is 5.54. The summed E-state index contributed by atoms with van der Waals surface area (Å²) in [7, 11) is 0. The van der Waals surface area contributed by atoms with Crippen LogP contribution in [0.2, 0.25) is 0 Å². The minimum atomic E-state index is 0. The minimum Gasteiger partial charge on any atom is -0.748 e. The monoisotopic (exact) mass is 278 g/mol. The Labute approximate surface area is 118 Å². The van der Waals surface area contributed by atoms with Crippen LogP contribution in [0.3, 0.4) is 0 Å². The molecule has 2 heteroatoms. The van der Waals surface area contributed by atoms with Crippen molar-refractivity contribution in [3.63, 3.8) is 0 Å². The summed E-state index contributed by atoms with van der Waals surface area (Å²) < 4.78 is 0. The third-order valence-electron chi connectivity index (χ3n) is 2.42. The number of rotatable bonds is 1. The summed E-state index contributed by atoms with van der Waals surface area (Å²) in [6.45, 7) is 0. The molecule has 3 aromatic rings. The molecule has 18 heavy (non-hydrogen) atoms. The summed E-state index contributed by atoms with van der Waals surface area (Å²) in [6.07, 6.45) is 0. The Kier molecular flexibility index (Phi) is 5.99. The van der Waals surface area contributed by atoms with Crippen LogP contribution in [0.4, 0.5) is 0 Å². The molecular formula is C16H14FeO-6. The van der Waals surface area contributed by atoms with Gasteiger partial charge in [0.25, 0.3) is 0 Å². The van der Waals surface area contributed by atoms with Crippen LogP contribution in [-0.2, 0) is 17.1 Å². The molecule has 0 aliphatic carbocycles. The maximum atomic E-state index is 9.05. The maximum absolute atomic E-state index is 9.05. The van der Waals surface area contributed by atoms with E-state index in [9.17, 15) is 0 Å². The predicted octanol–water partition coefficient (Wildman–Crippen LogP) is 4.18. The van der Waals surface area contributed by atoms with Crippen molar-refractivity contribution in [2.45, 2.75) is 0 Å². The van der Waals surface area contributed by atoms with Gasteiger partial charge >= 0.3 is 0 Å². The van der Waals surface area contributed by atoms with Crippen molar-refractivity contribution in [2.75, 3.05) is 0 Å². The zero-order chi connectivity index (χ0) is 11.9. The molecule has 0 aliphatic heterocycles. The van der Waals surface area contributed by atoms with Crippen LogP contribution in [0.15, 0.2) is 78.9 Å². The molecular weight excluding hydrogens is 264 g/mol. The Morgan fingerprint density at radius 2 is 1.22 bits per heavy atom. The van der Waals surface area contributed by atoms with Gasteiger partial charge in [0, 0.05) is 17.1 Å². The van der Waals surface area contributed by atoms with Gasteiger partial charge in [0.05, 0.1) is 0 Å². The molecule has 0 saturated heterocycles. The molecule has 0 heterocycles. The average Bonchev–Trinajstić information content (AvgIpc) is 3.06. The van der Waals surface area contributed by atoms with Crippen LogP contribution in [0.25, 0.3) is 11.1 Å². The normalized spacial score (nSPS) is 8.89. The van der Waals surface area contributed by atoms with E-state index >= 15 is 0 Å². The fraction of sp³-hybridized carbons (Fsp3) is 0. The summed E-state index contributed by atoms with van der Waals surface area (Å²) in [5, 5.41) is 9.05. The summed E-state index contributed by atoms with van der Waals surface area (Å²) in [6, 6.07) is 25.3. The second-order valence-corrected chi connectivity index (χ2v) is 3.68. The molecule has 1 N–H and O–H groups in total. The minimum absolute atomic E-state index is 0. The van der Waals surface area contributed by atoms with Crippen LogP contribution in [0, 0.1) is 0 Å². The Balaban J connectivity index is 0.000000230. The quantitative estimate of drug-likeness (QED) is 0.523. The second-order valence-electron chi connectivity index (χ2n) is 3.68. The average molecular weight is 278 g/mol. The summed E-state index contributed by atoms with van der Waals surface area (Å²) in [4.78, 5) is 0. The molecule has 0 aromatic heterocycles. The van der Waals surface area contributed by atoms with E-state index in [2.05, 4.69) is 0 Å². The molecule has 3 aromatic carbocycles. The van der Waals surface area contributed by atoms with E-state index in [0.717, 1.165) is 5.56 Å². The number of phenolic OH excluding ortho intramolecular Hbond substituents is 1. The number of phenols is 1. The molecule has 0 amide bonds. The van der Waals surface area contributed by atoms with Gasteiger partial charge < -0.3 is 35.4 Å². The zero-order valence-corrected chi connectivity index (χ0v) is 10.9. The molecule has 0 radical (unpaired) electrons. The van der Waals surface area contributed by atoms with E-state index in [1.807, 2.05) is 66.7 Å². The zero-order valence-electron chi connectivity index (χ0n) is 9.81.